The van der Waals surface area contributed by atoms with E-state index in [1.54, 1.807) is 12.1 Å². The second-order valence-electron chi connectivity index (χ2n) is 7.07. The van der Waals surface area contributed by atoms with Gasteiger partial charge in [0.15, 0.2) is 0 Å². The van der Waals surface area contributed by atoms with Crippen molar-refractivity contribution < 1.29 is 18.3 Å². The molecular weight excluding hydrogens is 376 g/mol. The monoisotopic (exact) mass is 401 g/mol. The summed E-state index contributed by atoms with van der Waals surface area (Å²) in [6.45, 7) is 0.549. The van der Waals surface area contributed by atoms with E-state index in [0.717, 1.165) is 13.0 Å². The van der Waals surface area contributed by atoms with Gasteiger partial charge in [-0.2, -0.15) is 8.78 Å². The molecule has 3 rings (SSSR count). The van der Waals surface area contributed by atoms with Crippen LogP contribution in [0.25, 0.3) is 10.9 Å². The van der Waals surface area contributed by atoms with E-state index in [-0.39, 0.29) is 17.7 Å². The topological polar surface area (TPSA) is 57.4 Å². The molecule has 0 spiro atoms. The van der Waals surface area contributed by atoms with Crippen molar-refractivity contribution in [1.82, 2.24) is 15.2 Å². The van der Waals surface area contributed by atoms with Gasteiger partial charge in [0, 0.05) is 30.0 Å². The first kappa shape index (κ1) is 20.8. The number of benzene rings is 2. The number of aromatic amines is 1. The molecule has 0 aliphatic rings. The molecule has 0 aliphatic carbocycles. The zero-order valence-corrected chi connectivity index (χ0v) is 16.5. The van der Waals surface area contributed by atoms with Gasteiger partial charge in [-0.1, -0.05) is 36.4 Å². The number of aromatic nitrogens is 1. The molecule has 154 valence electrons. The van der Waals surface area contributed by atoms with Gasteiger partial charge >= 0.3 is 6.61 Å². The zero-order valence-electron chi connectivity index (χ0n) is 16.5. The van der Waals surface area contributed by atoms with Gasteiger partial charge in [0.2, 0.25) is 0 Å². The molecule has 1 aromatic heterocycles. The number of halogens is 2. The number of rotatable bonds is 9. The number of hydrogen-bond donors (Lipinski definition) is 2. The van der Waals surface area contributed by atoms with Crippen LogP contribution in [-0.4, -0.2) is 42.0 Å². The third-order valence-electron chi connectivity index (χ3n) is 4.96. The molecule has 1 amide bonds. The lowest BCUT2D eigenvalue weighted by atomic mass is 10.1. The minimum absolute atomic E-state index is 0.0453. The van der Waals surface area contributed by atoms with Crippen molar-refractivity contribution in [1.29, 1.82) is 0 Å². The van der Waals surface area contributed by atoms with Crippen molar-refractivity contribution in [3.05, 3.63) is 65.9 Å². The Bertz CT molecular complexity index is 944. The number of carbonyl (C=O) groups excluding carboxylic acids is 1. The SMILES string of the molecule is CC(CCNC(=O)c1cc2c(OC(F)F)cccc2[nH]1)N(C)Cc1ccccc1. The average molecular weight is 401 g/mol. The first-order chi connectivity index (χ1) is 13.9. The quantitative estimate of drug-likeness (QED) is 0.558. The highest BCUT2D eigenvalue weighted by Crippen LogP contribution is 2.27. The van der Waals surface area contributed by atoms with Crippen molar-refractivity contribution >= 4 is 16.8 Å². The summed E-state index contributed by atoms with van der Waals surface area (Å²) >= 11 is 0. The Kier molecular flexibility index (Phi) is 6.82. The highest BCUT2D eigenvalue weighted by Gasteiger charge is 2.15. The first-order valence-corrected chi connectivity index (χ1v) is 9.53. The fraction of sp³-hybridized carbons (Fsp3) is 0.318. The molecule has 5 nitrogen and oxygen atoms in total. The van der Waals surface area contributed by atoms with Gasteiger partial charge in [0.25, 0.3) is 5.91 Å². The fourth-order valence-electron chi connectivity index (χ4n) is 3.19. The maximum atomic E-state index is 12.5. The fourth-order valence-corrected chi connectivity index (χ4v) is 3.19. The molecular formula is C22H25F2N3O2. The summed E-state index contributed by atoms with van der Waals surface area (Å²) in [5.74, 6) is -0.230. The summed E-state index contributed by atoms with van der Waals surface area (Å²) < 4.78 is 29.6. The van der Waals surface area contributed by atoms with E-state index in [1.807, 2.05) is 18.2 Å². The highest BCUT2D eigenvalue weighted by molar-refractivity contribution is 5.99. The van der Waals surface area contributed by atoms with Crippen LogP contribution >= 0.6 is 0 Å². The Morgan fingerprint density at radius 3 is 2.66 bits per heavy atom. The summed E-state index contributed by atoms with van der Waals surface area (Å²) in [5.41, 5.74) is 2.13. The van der Waals surface area contributed by atoms with Crippen LogP contribution in [0, 0.1) is 0 Å². The summed E-state index contributed by atoms with van der Waals surface area (Å²) in [6, 6.07) is 16.8. The molecule has 1 heterocycles. The zero-order chi connectivity index (χ0) is 20.8. The number of amides is 1. The number of hydrogen-bond acceptors (Lipinski definition) is 3. The molecule has 29 heavy (non-hydrogen) atoms. The van der Waals surface area contributed by atoms with E-state index in [2.05, 4.69) is 46.0 Å². The Morgan fingerprint density at radius 1 is 1.17 bits per heavy atom. The molecule has 0 aliphatic heterocycles. The van der Waals surface area contributed by atoms with E-state index < -0.39 is 6.61 Å². The molecule has 0 saturated carbocycles. The van der Waals surface area contributed by atoms with Crippen LogP contribution in [0.2, 0.25) is 0 Å². The molecule has 0 radical (unpaired) electrons. The molecule has 1 atom stereocenters. The standard InChI is InChI=1S/C22H25F2N3O2/c1-15(27(2)14-16-7-4-3-5-8-16)11-12-25-21(28)19-13-17-18(26-19)9-6-10-20(17)29-22(23)24/h3-10,13,15,22,26H,11-12,14H2,1-2H3,(H,25,28). The minimum Gasteiger partial charge on any atom is -0.434 e. The average Bonchev–Trinajstić information content (AvgIpc) is 3.14. The van der Waals surface area contributed by atoms with Gasteiger partial charge in [-0.15, -0.1) is 0 Å². The second kappa shape index (κ2) is 9.52. The molecule has 3 aromatic rings. The first-order valence-electron chi connectivity index (χ1n) is 9.53. The number of carbonyl (C=O) groups is 1. The number of alkyl halides is 2. The molecule has 7 heteroatoms. The lowest BCUT2D eigenvalue weighted by molar-refractivity contribution is -0.0487. The Hall–Kier alpha value is -2.93. The molecule has 2 aromatic carbocycles. The van der Waals surface area contributed by atoms with E-state index >= 15 is 0 Å². The molecule has 0 saturated heterocycles. The third kappa shape index (κ3) is 5.54. The number of nitrogens with zero attached hydrogens (tertiary/aromatic N) is 1. The largest absolute Gasteiger partial charge is 0.434 e. The van der Waals surface area contributed by atoms with Crippen molar-refractivity contribution in [2.75, 3.05) is 13.6 Å². The Balaban J connectivity index is 1.54. The van der Waals surface area contributed by atoms with E-state index in [0.29, 0.717) is 23.1 Å². The van der Waals surface area contributed by atoms with E-state index in [9.17, 15) is 13.6 Å². The van der Waals surface area contributed by atoms with Crippen LogP contribution in [-0.2, 0) is 6.54 Å². The highest BCUT2D eigenvalue weighted by atomic mass is 19.3. The molecule has 1 unspecified atom stereocenters. The predicted molar refractivity (Wildman–Crippen MR) is 109 cm³/mol. The van der Waals surface area contributed by atoms with Crippen molar-refractivity contribution in [3.8, 4) is 5.75 Å². The van der Waals surface area contributed by atoms with Gasteiger partial charge < -0.3 is 15.0 Å². The van der Waals surface area contributed by atoms with E-state index in [4.69, 9.17) is 0 Å². The van der Waals surface area contributed by atoms with Crippen LogP contribution < -0.4 is 10.1 Å². The summed E-state index contributed by atoms with van der Waals surface area (Å²) in [5, 5.41) is 3.34. The molecule has 0 fully saturated rings. The van der Waals surface area contributed by atoms with Crippen LogP contribution in [0.1, 0.15) is 29.4 Å². The van der Waals surface area contributed by atoms with E-state index in [1.165, 1.54) is 17.7 Å². The lowest BCUT2D eigenvalue weighted by Gasteiger charge is -2.24. The third-order valence-corrected chi connectivity index (χ3v) is 4.96. The van der Waals surface area contributed by atoms with Gasteiger partial charge in [0.1, 0.15) is 11.4 Å². The van der Waals surface area contributed by atoms with Gasteiger partial charge in [0.05, 0.1) is 0 Å². The van der Waals surface area contributed by atoms with Crippen molar-refractivity contribution in [3.63, 3.8) is 0 Å². The second-order valence-corrected chi connectivity index (χ2v) is 7.07. The maximum Gasteiger partial charge on any atom is 0.387 e. The summed E-state index contributed by atoms with van der Waals surface area (Å²) in [6.07, 6.45) is 0.787. The molecule has 2 N–H and O–H groups in total. The van der Waals surface area contributed by atoms with Crippen LogP contribution in [0.5, 0.6) is 5.75 Å². The lowest BCUT2D eigenvalue weighted by Crippen LogP contribution is -2.33. The maximum absolute atomic E-state index is 12.5. The van der Waals surface area contributed by atoms with Gasteiger partial charge in [-0.25, -0.2) is 0 Å². The van der Waals surface area contributed by atoms with Crippen molar-refractivity contribution in [2.45, 2.75) is 32.5 Å². The number of ether oxygens (including phenoxy) is 1. The number of H-pyrrole nitrogens is 1. The minimum atomic E-state index is -2.91. The van der Waals surface area contributed by atoms with Crippen LogP contribution in [0.3, 0.4) is 0 Å². The normalized spacial score (nSPS) is 12.5. The number of nitrogens with one attached hydrogen (secondary N) is 2. The summed E-state index contributed by atoms with van der Waals surface area (Å²) in [4.78, 5) is 17.6. The van der Waals surface area contributed by atoms with Crippen LogP contribution in [0.4, 0.5) is 8.78 Å². The smallest absolute Gasteiger partial charge is 0.387 e. The Morgan fingerprint density at radius 2 is 1.93 bits per heavy atom. The predicted octanol–water partition coefficient (Wildman–Crippen LogP) is 4.41. The van der Waals surface area contributed by atoms with Gasteiger partial charge in [-0.05, 0) is 44.2 Å². The Labute approximate surface area is 168 Å². The van der Waals surface area contributed by atoms with Crippen LogP contribution in [0.15, 0.2) is 54.6 Å². The summed E-state index contributed by atoms with van der Waals surface area (Å²) in [7, 11) is 2.06. The number of fused-ring (bicyclic) bond motifs is 1. The molecule has 0 bridgehead atoms. The van der Waals surface area contributed by atoms with Gasteiger partial charge in [-0.3, -0.25) is 9.69 Å². The van der Waals surface area contributed by atoms with Crippen molar-refractivity contribution in [2.24, 2.45) is 0 Å².